The number of amides is 2. The second-order valence-electron chi connectivity index (χ2n) is 4.45. The summed E-state index contributed by atoms with van der Waals surface area (Å²) in [5, 5.41) is 2.92. The van der Waals surface area contributed by atoms with Crippen LogP contribution in [0.4, 0.5) is 5.00 Å². The molecule has 24 heavy (non-hydrogen) atoms. The third-order valence-corrected chi connectivity index (χ3v) is 4.82. The second kappa shape index (κ2) is 8.46. The first-order valence-electron chi connectivity index (χ1n) is 6.96. The van der Waals surface area contributed by atoms with Crippen molar-refractivity contribution in [2.45, 2.75) is 11.3 Å². The summed E-state index contributed by atoms with van der Waals surface area (Å²) in [5.41, 5.74) is 6.43. The van der Waals surface area contributed by atoms with Crippen molar-refractivity contribution in [1.82, 2.24) is 4.98 Å². The first-order valence-corrected chi connectivity index (χ1v) is 8.77. The Morgan fingerprint density at radius 1 is 1.29 bits per heavy atom. The number of benzene rings is 1. The molecule has 0 saturated heterocycles. The number of carbonyl (C=O) groups is 3. The summed E-state index contributed by atoms with van der Waals surface area (Å²) < 4.78 is 5.24. The number of nitrogens with one attached hydrogen (secondary N) is 1. The highest BCUT2D eigenvalue weighted by atomic mass is 32.2. The molecule has 1 aromatic heterocycles. The van der Waals surface area contributed by atoms with Gasteiger partial charge in [0.15, 0.2) is 4.34 Å². The standard InChI is InChI=1S/C15H15N3O4S2/c1-2-22-14(21)12(20)18-13-11(9-6-4-3-5-7-9)17-15(24-13)23-8-10(16)19/h3-7H,2,8H2,1H3,(H2,16,19)(H,18,20). The minimum absolute atomic E-state index is 0.0764. The smallest absolute Gasteiger partial charge is 0.397 e. The molecule has 2 amide bonds. The van der Waals surface area contributed by atoms with Crippen LogP contribution in [0.5, 0.6) is 0 Å². The van der Waals surface area contributed by atoms with Gasteiger partial charge in [-0.3, -0.25) is 9.59 Å². The number of thiazole rings is 1. The lowest BCUT2D eigenvalue weighted by Gasteiger charge is -2.04. The maximum atomic E-state index is 11.9. The van der Waals surface area contributed by atoms with E-state index in [1.807, 2.05) is 30.3 Å². The van der Waals surface area contributed by atoms with Crippen LogP contribution in [0.1, 0.15) is 6.92 Å². The number of carbonyl (C=O) groups excluding carboxylic acids is 3. The average molecular weight is 365 g/mol. The molecular formula is C15H15N3O4S2. The third-order valence-electron chi connectivity index (χ3n) is 2.68. The van der Waals surface area contributed by atoms with E-state index >= 15 is 0 Å². The van der Waals surface area contributed by atoms with Gasteiger partial charge in [0.2, 0.25) is 5.91 Å². The largest absolute Gasteiger partial charge is 0.459 e. The van der Waals surface area contributed by atoms with Crippen LogP contribution in [0.25, 0.3) is 11.3 Å². The second-order valence-corrected chi connectivity index (χ2v) is 6.67. The molecular weight excluding hydrogens is 350 g/mol. The number of esters is 1. The van der Waals surface area contributed by atoms with Crippen LogP contribution in [0.2, 0.25) is 0 Å². The lowest BCUT2D eigenvalue weighted by atomic mass is 10.2. The van der Waals surface area contributed by atoms with Gasteiger partial charge in [-0.05, 0) is 6.92 Å². The number of hydrogen-bond donors (Lipinski definition) is 2. The lowest BCUT2D eigenvalue weighted by Crippen LogP contribution is -2.24. The third kappa shape index (κ3) is 4.80. The van der Waals surface area contributed by atoms with Crippen molar-refractivity contribution < 1.29 is 19.1 Å². The number of primary amides is 1. The van der Waals surface area contributed by atoms with Gasteiger partial charge in [0, 0.05) is 5.56 Å². The lowest BCUT2D eigenvalue weighted by molar-refractivity contribution is -0.152. The molecule has 0 aliphatic heterocycles. The normalized spacial score (nSPS) is 10.2. The van der Waals surface area contributed by atoms with Gasteiger partial charge in [0.1, 0.15) is 10.7 Å². The van der Waals surface area contributed by atoms with Crippen LogP contribution >= 0.6 is 23.1 Å². The minimum atomic E-state index is -0.962. The van der Waals surface area contributed by atoms with E-state index in [0.717, 1.165) is 16.9 Å². The van der Waals surface area contributed by atoms with Crippen molar-refractivity contribution in [3.8, 4) is 11.3 Å². The zero-order chi connectivity index (χ0) is 17.5. The predicted molar refractivity (Wildman–Crippen MR) is 92.7 cm³/mol. The molecule has 0 radical (unpaired) electrons. The van der Waals surface area contributed by atoms with Gasteiger partial charge in [-0.2, -0.15) is 0 Å². The van der Waals surface area contributed by atoms with E-state index in [-0.39, 0.29) is 12.4 Å². The van der Waals surface area contributed by atoms with Crippen LogP contribution in [0.3, 0.4) is 0 Å². The Morgan fingerprint density at radius 2 is 2.00 bits per heavy atom. The SMILES string of the molecule is CCOC(=O)C(=O)Nc1sc(SCC(N)=O)nc1-c1ccccc1. The quantitative estimate of drug-likeness (QED) is 0.459. The summed E-state index contributed by atoms with van der Waals surface area (Å²) in [6, 6.07) is 9.19. The Kier molecular flexibility index (Phi) is 6.33. The van der Waals surface area contributed by atoms with E-state index in [4.69, 9.17) is 5.73 Å². The van der Waals surface area contributed by atoms with Crippen LogP contribution in [-0.2, 0) is 19.1 Å². The number of aromatic nitrogens is 1. The summed E-state index contributed by atoms with van der Waals surface area (Å²) in [4.78, 5) is 38.7. The molecule has 1 aromatic carbocycles. The summed E-state index contributed by atoms with van der Waals surface area (Å²) >= 11 is 2.33. The first-order chi connectivity index (χ1) is 11.5. The monoisotopic (exact) mass is 365 g/mol. The Hall–Kier alpha value is -2.39. The highest BCUT2D eigenvalue weighted by Crippen LogP contribution is 2.37. The zero-order valence-electron chi connectivity index (χ0n) is 12.8. The van der Waals surface area contributed by atoms with Gasteiger partial charge < -0.3 is 15.8 Å². The van der Waals surface area contributed by atoms with Gasteiger partial charge in [0.05, 0.1) is 12.4 Å². The van der Waals surface area contributed by atoms with E-state index in [2.05, 4.69) is 15.0 Å². The Morgan fingerprint density at radius 3 is 2.62 bits per heavy atom. The molecule has 3 N–H and O–H groups in total. The van der Waals surface area contributed by atoms with E-state index in [1.54, 1.807) is 6.92 Å². The molecule has 2 aromatic rings. The molecule has 1 heterocycles. The molecule has 0 fully saturated rings. The Balaban J connectivity index is 2.28. The summed E-state index contributed by atoms with van der Waals surface area (Å²) in [7, 11) is 0. The molecule has 9 heteroatoms. The van der Waals surface area contributed by atoms with Crippen molar-refractivity contribution in [3.05, 3.63) is 30.3 Å². The Bertz CT molecular complexity index is 746. The van der Waals surface area contributed by atoms with E-state index in [1.165, 1.54) is 11.8 Å². The zero-order valence-corrected chi connectivity index (χ0v) is 14.4. The van der Waals surface area contributed by atoms with Crippen molar-refractivity contribution in [3.63, 3.8) is 0 Å². The molecule has 0 aliphatic carbocycles. The molecule has 126 valence electrons. The number of ether oxygens (including phenoxy) is 1. The van der Waals surface area contributed by atoms with Crippen LogP contribution in [0, 0.1) is 0 Å². The van der Waals surface area contributed by atoms with Crippen molar-refractivity contribution in [2.75, 3.05) is 17.7 Å². The average Bonchev–Trinajstić information content (AvgIpc) is 2.97. The highest BCUT2D eigenvalue weighted by Gasteiger charge is 2.20. The maximum Gasteiger partial charge on any atom is 0.397 e. The number of rotatable bonds is 6. The van der Waals surface area contributed by atoms with Gasteiger partial charge in [-0.1, -0.05) is 53.4 Å². The molecule has 0 bridgehead atoms. The number of nitrogens with zero attached hydrogens (tertiary/aromatic N) is 1. The van der Waals surface area contributed by atoms with Gasteiger partial charge in [-0.25, -0.2) is 9.78 Å². The summed E-state index contributed by atoms with van der Waals surface area (Å²) in [5.74, 6) is -2.22. The van der Waals surface area contributed by atoms with E-state index < -0.39 is 17.8 Å². The number of anilines is 1. The van der Waals surface area contributed by atoms with Crippen LogP contribution < -0.4 is 11.1 Å². The fourth-order valence-corrected chi connectivity index (χ4v) is 3.52. The summed E-state index contributed by atoms with van der Waals surface area (Å²) in [6.07, 6.45) is 0. The Labute approximate surface area is 146 Å². The highest BCUT2D eigenvalue weighted by molar-refractivity contribution is 8.01. The molecule has 0 atom stereocenters. The van der Waals surface area contributed by atoms with Gasteiger partial charge >= 0.3 is 11.9 Å². The van der Waals surface area contributed by atoms with Crippen LogP contribution in [-0.4, -0.2) is 35.1 Å². The number of nitrogens with two attached hydrogens (primary N) is 1. The molecule has 7 nitrogen and oxygen atoms in total. The topological polar surface area (TPSA) is 111 Å². The van der Waals surface area contributed by atoms with Gasteiger partial charge in [0.25, 0.3) is 0 Å². The first kappa shape index (κ1) is 18.0. The van der Waals surface area contributed by atoms with Gasteiger partial charge in [-0.15, -0.1) is 0 Å². The molecule has 0 spiro atoms. The fourth-order valence-electron chi connectivity index (χ4n) is 1.72. The fraction of sp³-hybridized carbons (Fsp3) is 0.200. The van der Waals surface area contributed by atoms with Crippen molar-refractivity contribution in [1.29, 1.82) is 0 Å². The maximum absolute atomic E-state index is 11.9. The minimum Gasteiger partial charge on any atom is -0.459 e. The van der Waals surface area contributed by atoms with E-state index in [9.17, 15) is 14.4 Å². The van der Waals surface area contributed by atoms with Crippen molar-refractivity contribution in [2.24, 2.45) is 5.73 Å². The molecule has 2 rings (SSSR count). The summed E-state index contributed by atoms with van der Waals surface area (Å²) in [6.45, 7) is 1.73. The number of thioether (sulfide) groups is 1. The number of hydrogen-bond acceptors (Lipinski definition) is 7. The van der Waals surface area contributed by atoms with E-state index in [0.29, 0.717) is 15.0 Å². The van der Waals surface area contributed by atoms with Crippen molar-refractivity contribution >= 4 is 45.9 Å². The van der Waals surface area contributed by atoms with Crippen LogP contribution in [0.15, 0.2) is 34.7 Å². The predicted octanol–water partition coefficient (Wildman–Crippen LogP) is 1.89. The molecule has 0 unspecified atom stereocenters. The molecule has 0 saturated carbocycles. The molecule has 0 aliphatic rings.